The molecule has 1 rings (SSSR count). The lowest BCUT2D eigenvalue weighted by Crippen LogP contribution is -2.44. The van der Waals surface area contributed by atoms with Crippen LogP contribution < -0.4 is 4.43 Å². The van der Waals surface area contributed by atoms with Gasteiger partial charge in [-0.05, 0) is 46.2 Å². The van der Waals surface area contributed by atoms with Gasteiger partial charge in [0, 0.05) is 0 Å². The lowest BCUT2D eigenvalue weighted by molar-refractivity contribution is 0.475. The summed E-state index contributed by atoms with van der Waals surface area (Å²) in [6.07, 6.45) is 0. The van der Waals surface area contributed by atoms with Gasteiger partial charge in [0.2, 0.25) is 5.88 Å². The Kier molecular flexibility index (Phi) is 3.61. The normalized spacial score (nSPS) is 12.7. The van der Waals surface area contributed by atoms with Crippen molar-refractivity contribution in [1.82, 2.24) is 4.98 Å². The Morgan fingerprint density at radius 1 is 1.27 bits per heavy atom. The highest BCUT2D eigenvalue weighted by atomic mass is 79.9. The van der Waals surface area contributed by atoms with E-state index < -0.39 is 8.32 Å². The molecule has 0 fully saturated rings. The molecule has 1 heterocycles. The molecule has 0 aliphatic heterocycles. The van der Waals surface area contributed by atoms with Crippen LogP contribution in [0.2, 0.25) is 18.1 Å². The number of nitrogens with zero attached hydrogens (tertiary/aromatic N) is 1. The molecule has 2 nitrogen and oxygen atoms in total. The van der Waals surface area contributed by atoms with Crippen LogP contribution in [0.5, 0.6) is 5.88 Å². The average Bonchev–Trinajstić information content (AvgIpc) is 2.00. The Hall–Kier alpha value is -0.353. The third kappa shape index (κ3) is 3.31. The monoisotopic (exact) mass is 287 g/mol. The Morgan fingerprint density at radius 2 is 1.87 bits per heavy atom. The maximum atomic E-state index is 6.04. The van der Waals surface area contributed by atoms with E-state index in [2.05, 4.69) is 54.8 Å². The van der Waals surface area contributed by atoms with E-state index in [9.17, 15) is 0 Å². The summed E-state index contributed by atoms with van der Waals surface area (Å²) in [6.45, 7) is 11.1. The second kappa shape index (κ2) is 4.26. The highest BCUT2D eigenvalue weighted by Crippen LogP contribution is 2.36. The SMILES string of the molecule is CC(C)(C)[Si](C)(C)Oc1cccc(Br)n1. The second-order valence-corrected chi connectivity index (χ2v) is 10.7. The van der Waals surface area contributed by atoms with Crippen LogP contribution in [-0.4, -0.2) is 13.3 Å². The van der Waals surface area contributed by atoms with E-state index in [1.165, 1.54) is 0 Å². The van der Waals surface area contributed by atoms with Crippen LogP contribution in [0.15, 0.2) is 22.8 Å². The fraction of sp³-hybridized carbons (Fsp3) is 0.545. The largest absolute Gasteiger partial charge is 0.531 e. The van der Waals surface area contributed by atoms with Gasteiger partial charge in [0.15, 0.2) is 0 Å². The highest BCUT2D eigenvalue weighted by molar-refractivity contribution is 9.10. The van der Waals surface area contributed by atoms with Gasteiger partial charge in [0.1, 0.15) is 4.60 Å². The summed E-state index contributed by atoms with van der Waals surface area (Å²) < 4.78 is 6.86. The average molecular weight is 288 g/mol. The van der Waals surface area contributed by atoms with Crippen molar-refractivity contribution in [3.63, 3.8) is 0 Å². The van der Waals surface area contributed by atoms with E-state index in [4.69, 9.17) is 4.43 Å². The zero-order chi connectivity index (χ0) is 11.7. The molecule has 0 radical (unpaired) electrons. The van der Waals surface area contributed by atoms with E-state index in [-0.39, 0.29) is 5.04 Å². The second-order valence-electron chi connectivity index (χ2n) is 5.16. The van der Waals surface area contributed by atoms with Gasteiger partial charge >= 0.3 is 0 Å². The first-order valence-corrected chi connectivity index (χ1v) is 8.74. The predicted octanol–water partition coefficient (Wildman–Crippen LogP) is 4.23. The molecule has 0 aromatic carbocycles. The van der Waals surface area contributed by atoms with Crippen LogP contribution in [0.1, 0.15) is 20.8 Å². The van der Waals surface area contributed by atoms with Crippen LogP contribution >= 0.6 is 15.9 Å². The van der Waals surface area contributed by atoms with Crippen molar-refractivity contribution >= 4 is 24.2 Å². The van der Waals surface area contributed by atoms with Crippen LogP contribution in [-0.2, 0) is 0 Å². The molecule has 15 heavy (non-hydrogen) atoms. The van der Waals surface area contributed by atoms with E-state index in [0.29, 0.717) is 0 Å². The molecule has 0 saturated carbocycles. The standard InChI is InChI=1S/C11H18BrNOSi/c1-11(2,3)15(4,5)14-10-8-6-7-9(12)13-10/h6-8H,1-5H3. The molecule has 0 N–H and O–H groups in total. The summed E-state index contributed by atoms with van der Waals surface area (Å²) in [7, 11) is -1.75. The molecule has 0 aliphatic rings. The maximum absolute atomic E-state index is 6.04. The van der Waals surface area contributed by atoms with Gasteiger partial charge in [-0.2, -0.15) is 0 Å². The topological polar surface area (TPSA) is 22.1 Å². The van der Waals surface area contributed by atoms with E-state index in [1.807, 2.05) is 18.2 Å². The first-order valence-electron chi connectivity index (χ1n) is 5.04. The molecule has 0 saturated heterocycles. The fourth-order valence-electron chi connectivity index (χ4n) is 0.861. The molecule has 0 atom stereocenters. The summed E-state index contributed by atoms with van der Waals surface area (Å²) in [5.41, 5.74) is 0. The molecule has 1 aromatic heterocycles. The third-order valence-electron chi connectivity index (χ3n) is 2.86. The molecule has 0 unspecified atom stereocenters. The van der Waals surface area contributed by atoms with E-state index >= 15 is 0 Å². The van der Waals surface area contributed by atoms with Gasteiger partial charge in [-0.1, -0.05) is 26.8 Å². The minimum Gasteiger partial charge on any atom is -0.531 e. The molecule has 4 heteroatoms. The minimum absolute atomic E-state index is 0.205. The van der Waals surface area contributed by atoms with Crippen molar-refractivity contribution in [2.75, 3.05) is 0 Å². The van der Waals surface area contributed by atoms with Gasteiger partial charge in [0.05, 0.1) is 0 Å². The fourth-order valence-corrected chi connectivity index (χ4v) is 2.13. The summed E-state index contributed by atoms with van der Waals surface area (Å²) in [4.78, 5) is 4.30. The van der Waals surface area contributed by atoms with E-state index in [0.717, 1.165) is 10.5 Å². The first kappa shape index (κ1) is 12.7. The van der Waals surface area contributed by atoms with Gasteiger partial charge in [-0.3, -0.25) is 0 Å². The molecule has 0 bridgehead atoms. The van der Waals surface area contributed by atoms with Crippen molar-refractivity contribution in [3.8, 4) is 5.88 Å². The molecule has 0 spiro atoms. The molecule has 0 amide bonds. The molecule has 1 aromatic rings. The predicted molar refractivity (Wildman–Crippen MR) is 69.8 cm³/mol. The zero-order valence-electron chi connectivity index (χ0n) is 9.97. The van der Waals surface area contributed by atoms with Gasteiger partial charge < -0.3 is 4.43 Å². The number of hydrogen-bond acceptors (Lipinski definition) is 2. The van der Waals surface area contributed by atoms with Gasteiger partial charge in [-0.15, -0.1) is 0 Å². The van der Waals surface area contributed by atoms with Crippen molar-refractivity contribution < 1.29 is 4.43 Å². The summed E-state index contributed by atoms with van der Waals surface area (Å²) in [6, 6.07) is 5.75. The van der Waals surface area contributed by atoms with E-state index in [1.54, 1.807) is 0 Å². The lowest BCUT2D eigenvalue weighted by atomic mass is 10.2. The molecule has 84 valence electrons. The van der Waals surface area contributed by atoms with Crippen LogP contribution in [0.3, 0.4) is 0 Å². The lowest BCUT2D eigenvalue weighted by Gasteiger charge is -2.35. The Balaban J connectivity index is 2.87. The van der Waals surface area contributed by atoms with Crippen molar-refractivity contribution in [2.24, 2.45) is 0 Å². The Morgan fingerprint density at radius 3 is 2.33 bits per heavy atom. The Labute approximate surface area is 101 Å². The number of halogens is 1. The number of rotatable bonds is 2. The zero-order valence-corrected chi connectivity index (χ0v) is 12.6. The van der Waals surface area contributed by atoms with Crippen LogP contribution in [0.4, 0.5) is 0 Å². The molecular weight excluding hydrogens is 270 g/mol. The highest BCUT2D eigenvalue weighted by Gasteiger charge is 2.39. The number of pyridine rings is 1. The van der Waals surface area contributed by atoms with Crippen LogP contribution in [0, 0.1) is 0 Å². The van der Waals surface area contributed by atoms with Gasteiger partial charge in [0.25, 0.3) is 8.32 Å². The molecular formula is C11H18BrNOSi. The summed E-state index contributed by atoms with van der Waals surface area (Å²) in [5, 5.41) is 0.205. The third-order valence-corrected chi connectivity index (χ3v) is 7.63. The van der Waals surface area contributed by atoms with Crippen molar-refractivity contribution in [2.45, 2.75) is 38.9 Å². The van der Waals surface area contributed by atoms with Gasteiger partial charge in [-0.25, -0.2) is 4.98 Å². The maximum Gasteiger partial charge on any atom is 0.252 e. The smallest absolute Gasteiger partial charge is 0.252 e. The quantitative estimate of drug-likeness (QED) is 0.600. The summed E-state index contributed by atoms with van der Waals surface area (Å²) >= 11 is 3.34. The molecule has 0 aliphatic carbocycles. The minimum atomic E-state index is -1.75. The van der Waals surface area contributed by atoms with Crippen molar-refractivity contribution in [3.05, 3.63) is 22.8 Å². The van der Waals surface area contributed by atoms with Crippen LogP contribution in [0.25, 0.3) is 0 Å². The Bertz CT molecular complexity index is 347. The first-order chi connectivity index (χ1) is 6.72. The van der Waals surface area contributed by atoms with Crippen molar-refractivity contribution in [1.29, 1.82) is 0 Å². The number of aromatic nitrogens is 1. The number of hydrogen-bond donors (Lipinski definition) is 0. The summed E-state index contributed by atoms with van der Waals surface area (Å²) in [5.74, 6) is 0.718.